The van der Waals surface area contributed by atoms with E-state index in [-0.39, 0.29) is 19.0 Å². The molecule has 7 nitrogen and oxygen atoms in total. The summed E-state index contributed by atoms with van der Waals surface area (Å²) >= 11 is 0. The zero-order valence-corrected chi connectivity index (χ0v) is 15.5. The number of pyridine rings is 1. The second-order valence-corrected chi connectivity index (χ2v) is 6.88. The fraction of sp³-hybridized carbons (Fsp3) is 0.500. The molecule has 1 amide bonds. The summed E-state index contributed by atoms with van der Waals surface area (Å²) < 4.78 is 45.6. The first kappa shape index (κ1) is 20.1. The topological polar surface area (TPSA) is 80.5 Å². The summed E-state index contributed by atoms with van der Waals surface area (Å²) in [6, 6.07) is 3.55. The van der Waals surface area contributed by atoms with E-state index in [4.69, 9.17) is 4.74 Å². The zero-order chi connectivity index (χ0) is 20.5. The van der Waals surface area contributed by atoms with Crippen LogP contribution in [-0.4, -0.2) is 62.4 Å². The van der Waals surface area contributed by atoms with Gasteiger partial charge in [-0.15, -0.1) is 0 Å². The number of nitrogens with zero attached hydrogens (tertiary/aromatic N) is 4. The molecule has 2 aromatic heterocycles. The Morgan fingerprint density at radius 3 is 2.46 bits per heavy atom. The standard InChI is InChI=1S/C18H21F3N4O3/c1-17(27,18(19,20)21)16(26)24-7-5-12(6-8-24)14-10-22-11-25(14)13-3-4-15(28-2)23-9-13/h3-4,9-12,27H,5-8H2,1-2H3/t17-/m1/s1. The van der Waals surface area contributed by atoms with Crippen LogP contribution in [0.2, 0.25) is 0 Å². The predicted octanol–water partition coefficient (Wildman–Crippen LogP) is 2.30. The molecule has 1 N–H and O–H groups in total. The Balaban J connectivity index is 1.71. The number of amides is 1. The Morgan fingerprint density at radius 2 is 1.93 bits per heavy atom. The van der Waals surface area contributed by atoms with Crippen molar-refractivity contribution in [2.45, 2.75) is 37.5 Å². The number of ether oxygens (including phenoxy) is 1. The smallest absolute Gasteiger partial charge is 0.426 e. The Labute approximate surface area is 159 Å². The van der Waals surface area contributed by atoms with E-state index in [2.05, 4.69) is 9.97 Å². The molecule has 0 aliphatic carbocycles. The summed E-state index contributed by atoms with van der Waals surface area (Å²) in [5, 5.41) is 9.61. The van der Waals surface area contributed by atoms with E-state index in [1.807, 2.05) is 10.6 Å². The van der Waals surface area contributed by atoms with Gasteiger partial charge in [0.1, 0.15) is 0 Å². The molecule has 0 unspecified atom stereocenters. The van der Waals surface area contributed by atoms with Gasteiger partial charge < -0.3 is 19.3 Å². The molecule has 28 heavy (non-hydrogen) atoms. The van der Waals surface area contributed by atoms with E-state index in [1.54, 1.807) is 24.8 Å². The Bertz CT molecular complexity index is 825. The lowest BCUT2D eigenvalue weighted by Gasteiger charge is -2.36. The number of piperidine rings is 1. The van der Waals surface area contributed by atoms with Crippen molar-refractivity contribution in [1.29, 1.82) is 0 Å². The third-order valence-electron chi connectivity index (χ3n) is 5.04. The summed E-state index contributed by atoms with van der Waals surface area (Å²) in [4.78, 5) is 21.5. The summed E-state index contributed by atoms with van der Waals surface area (Å²) in [6.45, 7) is 0.747. The molecule has 3 rings (SSSR count). The van der Waals surface area contributed by atoms with Crippen molar-refractivity contribution in [2.24, 2.45) is 0 Å². The van der Waals surface area contributed by atoms with Crippen LogP contribution < -0.4 is 4.74 Å². The van der Waals surface area contributed by atoms with Crippen LogP contribution in [0.5, 0.6) is 5.88 Å². The second-order valence-electron chi connectivity index (χ2n) is 6.88. The summed E-state index contributed by atoms with van der Waals surface area (Å²) in [7, 11) is 1.52. The summed E-state index contributed by atoms with van der Waals surface area (Å²) in [5.41, 5.74) is -1.70. The number of aliphatic hydroxyl groups is 1. The van der Waals surface area contributed by atoms with E-state index >= 15 is 0 Å². The van der Waals surface area contributed by atoms with Crippen molar-refractivity contribution >= 4 is 5.91 Å². The van der Waals surface area contributed by atoms with Gasteiger partial charge in [-0.2, -0.15) is 13.2 Å². The van der Waals surface area contributed by atoms with Crippen molar-refractivity contribution < 1.29 is 27.8 Å². The highest BCUT2D eigenvalue weighted by atomic mass is 19.4. The number of hydrogen-bond acceptors (Lipinski definition) is 5. The van der Waals surface area contributed by atoms with Gasteiger partial charge in [0.2, 0.25) is 11.5 Å². The highest BCUT2D eigenvalue weighted by molar-refractivity contribution is 5.85. The maximum atomic E-state index is 12.9. The lowest BCUT2D eigenvalue weighted by atomic mass is 9.92. The van der Waals surface area contributed by atoms with E-state index in [0.29, 0.717) is 25.6 Å². The zero-order valence-electron chi connectivity index (χ0n) is 15.5. The Kier molecular flexibility index (Phi) is 5.33. The predicted molar refractivity (Wildman–Crippen MR) is 93.1 cm³/mol. The maximum absolute atomic E-state index is 12.9. The van der Waals surface area contributed by atoms with Gasteiger partial charge in [-0.3, -0.25) is 4.79 Å². The molecule has 1 aliphatic heterocycles. The number of likely N-dealkylation sites (tertiary alicyclic amines) is 1. The first-order valence-electron chi connectivity index (χ1n) is 8.76. The molecule has 1 aliphatic rings. The lowest BCUT2D eigenvalue weighted by Crippen LogP contribution is -2.57. The fourth-order valence-corrected chi connectivity index (χ4v) is 3.27. The Morgan fingerprint density at radius 1 is 1.25 bits per heavy atom. The fourth-order valence-electron chi connectivity index (χ4n) is 3.27. The number of hydrogen-bond donors (Lipinski definition) is 1. The van der Waals surface area contributed by atoms with Gasteiger partial charge in [-0.25, -0.2) is 9.97 Å². The van der Waals surface area contributed by atoms with E-state index in [0.717, 1.165) is 16.3 Å². The van der Waals surface area contributed by atoms with Gasteiger partial charge >= 0.3 is 6.18 Å². The molecule has 2 aromatic rings. The third-order valence-corrected chi connectivity index (χ3v) is 5.04. The average molecular weight is 398 g/mol. The quantitative estimate of drug-likeness (QED) is 0.855. The van der Waals surface area contributed by atoms with Crippen LogP contribution in [0, 0.1) is 0 Å². The minimum Gasteiger partial charge on any atom is -0.481 e. The third kappa shape index (κ3) is 3.68. The minimum absolute atomic E-state index is 0.0180. The number of carbonyl (C=O) groups excluding carboxylic acids is 1. The molecule has 1 atom stereocenters. The number of rotatable bonds is 4. The van der Waals surface area contributed by atoms with Gasteiger partial charge in [0.15, 0.2) is 0 Å². The molecule has 1 saturated heterocycles. The van der Waals surface area contributed by atoms with Crippen LogP contribution in [0.15, 0.2) is 30.9 Å². The van der Waals surface area contributed by atoms with E-state index in [1.165, 1.54) is 7.11 Å². The van der Waals surface area contributed by atoms with Gasteiger partial charge in [0, 0.05) is 37.0 Å². The van der Waals surface area contributed by atoms with Crippen molar-refractivity contribution in [2.75, 3.05) is 20.2 Å². The molecule has 152 valence electrons. The monoisotopic (exact) mass is 398 g/mol. The van der Waals surface area contributed by atoms with Crippen LogP contribution in [0.25, 0.3) is 5.69 Å². The SMILES string of the molecule is COc1ccc(-n2cncc2C2CCN(C(=O)[C@@](C)(O)C(F)(F)F)CC2)cn1. The van der Waals surface area contributed by atoms with Crippen molar-refractivity contribution in [3.8, 4) is 11.6 Å². The lowest BCUT2D eigenvalue weighted by molar-refractivity contribution is -0.250. The number of imidazole rings is 1. The number of carbonyl (C=O) groups is 1. The number of methoxy groups -OCH3 is 1. The number of alkyl halides is 3. The molecule has 0 radical (unpaired) electrons. The average Bonchev–Trinajstić information content (AvgIpc) is 3.16. The van der Waals surface area contributed by atoms with Gasteiger partial charge in [-0.1, -0.05) is 0 Å². The van der Waals surface area contributed by atoms with Crippen LogP contribution in [0.1, 0.15) is 31.4 Å². The normalized spacial score (nSPS) is 18.0. The molecule has 0 aromatic carbocycles. The van der Waals surface area contributed by atoms with Gasteiger partial charge in [-0.05, 0) is 25.8 Å². The van der Waals surface area contributed by atoms with E-state index in [9.17, 15) is 23.1 Å². The van der Waals surface area contributed by atoms with Crippen LogP contribution >= 0.6 is 0 Å². The van der Waals surface area contributed by atoms with Crippen LogP contribution in [0.3, 0.4) is 0 Å². The van der Waals surface area contributed by atoms with Crippen molar-refractivity contribution in [3.05, 3.63) is 36.5 Å². The second kappa shape index (κ2) is 7.42. The first-order valence-corrected chi connectivity index (χ1v) is 8.76. The van der Waals surface area contributed by atoms with Gasteiger partial charge in [0.05, 0.1) is 25.3 Å². The van der Waals surface area contributed by atoms with Crippen molar-refractivity contribution in [3.63, 3.8) is 0 Å². The van der Waals surface area contributed by atoms with Crippen LogP contribution in [0.4, 0.5) is 13.2 Å². The highest BCUT2D eigenvalue weighted by Gasteiger charge is 2.57. The molecular weight excluding hydrogens is 377 g/mol. The van der Waals surface area contributed by atoms with E-state index < -0.39 is 17.7 Å². The van der Waals surface area contributed by atoms with Gasteiger partial charge in [0.25, 0.3) is 5.91 Å². The molecular formula is C18H21F3N4O3. The molecule has 10 heteroatoms. The largest absolute Gasteiger partial charge is 0.481 e. The molecule has 0 saturated carbocycles. The number of halogens is 3. The first-order chi connectivity index (χ1) is 13.1. The summed E-state index contributed by atoms with van der Waals surface area (Å²) in [5.74, 6) is -0.815. The summed E-state index contributed by atoms with van der Waals surface area (Å²) in [6.07, 6.45) is 0.914. The number of aromatic nitrogens is 3. The maximum Gasteiger partial charge on any atom is 0.426 e. The Hall–Kier alpha value is -2.62. The molecule has 1 fully saturated rings. The molecule has 0 bridgehead atoms. The molecule has 3 heterocycles. The molecule has 0 spiro atoms. The van der Waals surface area contributed by atoms with Crippen LogP contribution in [-0.2, 0) is 4.79 Å². The van der Waals surface area contributed by atoms with Crippen molar-refractivity contribution in [1.82, 2.24) is 19.4 Å². The highest BCUT2D eigenvalue weighted by Crippen LogP contribution is 2.35. The minimum atomic E-state index is -5.01.